The van der Waals surface area contributed by atoms with Crippen LogP contribution < -0.4 is 5.32 Å². The Kier molecular flexibility index (Phi) is 5.32. The Labute approximate surface area is 125 Å². The maximum absolute atomic E-state index is 12.5. The van der Waals surface area contributed by atoms with Gasteiger partial charge in [0.05, 0.1) is 5.56 Å². The highest BCUT2D eigenvalue weighted by Gasteiger charge is 2.30. The number of anilines is 1. The molecule has 2 rings (SSSR count). The van der Waals surface area contributed by atoms with E-state index in [2.05, 4.69) is 26.1 Å². The van der Waals surface area contributed by atoms with Crippen LogP contribution in [0.4, 0.5) is 18.9 Å². The standard InChI is InChI=1S/C14H18BrF3N2/c15-12-10-11(14(16,17)18)4-5-13(12)19-6-3-9-20-7-1-2-8-20/h4-5,10,19H,1-3,6-9H2. The molecule has 1 fully saturated rings. The first-order valence-electron chi connectivity index (χ1n) is 6.80. The predicted octanol–water partition coefficient (Wildman–Crippen LogP) is 4.37. The molecule has 6 heteroatoms. The molecule has 1 aliphatic rings. The lowest BCUT2D eigenvalue weighted by atomic mass is 10.2. The molecule has 1 saturated heterocycles. The van der Waals surface area contributed by atoms with Gasteiger partial charge in [-0.05, 0) is 73.0 Å². The highest BCUT2D eigenvalue weighted by Crippen LogP contribution is 2.33. The molecule has 1 N–H and O–H groups in total. The van der Waals surface area contributed by atoms with Crippen molar-refractivity contribution in [2.45, 2.75) is 25.4 Å². The Hall–Kier alpha value is -0.750. The third-order valence-corrected chi connectivity index (χ3v) is 4.12. The first kappa shape index (κ1) is 15.6. The molecule has 0 amide bonds. The van der Waals surface area contributed by atoms with E-state index < -0.39 is 11.7 Å². The molecule has 1 heterocycles. The van der Waals surface area contributed by atoms with Gasteiger partial charge in [0.25, 0.3) is 0 Å². The van der Waals surface area contributed by atoms with Gasteiger partial charge < -0.3 is 10.2 Å². The van der Waals surface area contributed by atoms with Crippen LogP contribution >= 0.6 is 15.9 Å². The van der Waals surface area contributed by atoms with E-state index in [4.69, 9.17) is 0 Å². The van der Waals surface area contributed by atoms with Crippen molar-refractivity contribution in [1.29, 1.82) is 0 Å². The smallest absolute Gasteiger partial charge is 0.384 e. The lowest BCUT2D eigenvalue weighted by Crippen LogP contribution is -2.22. The van der Waals surface area contributed by atoms with Gasteiger partial charge in [-0.15, -0.1) is 0 Å². The Bertz CT molecular complexity index is 443. The van der Waals surface area contributed by atoms with Crippen molar-refractivity contribution in [2.24, 2.45) is 0 Å². The minimum Gasteiger partial charge on any atom is -0.384 e. The van der Waals surface area contributed by atoms with Crippen LogP contribution in [-0.4, -0.2) is 31.1 Å². The summed E-state index contributed by atoms with van der Waals surface area (Å²) >= 11 is 3.19. The quantitative estimate of drug-likeness (QED) is 0.793. The lowest BCUT2D eigenvalue weighted by molar-refractivity contribution is -0.137. The predicted molar refractivity (Wildman–Crippen MR) is 77.9 cm³/mol. The van der Waals surface area contributed by atoms with Gasteiger partial charge in [0, 0.05) is 16.7 Å². The van der Waals surface area contributed by atoms with E-state index in [-0.39, 0.29) is 0 Å². The summed E-state index contributed by atoms with van der Waals surface area (Å²) < 4.78 is 38.0. The first-order valence-corrected chi connectivity index (χ1v) is 7.59. The molecule has 2 nitrogen and oxygen atoms in total. The van der Waals surface area contributed by atoms with E-state index in [1.54, 1.807) is 0 Å². The molecule has 0 aromatic heterocycles. The van der Waals surface area contributed by atoms with Crippen LogP contribution in [0.2, 0.25) is 0 Å². The molecule has 0 spiro atoms. The summed E-state index contributed by atoms with van der Waals surface area (Å²) in [4.78, 5) is 2.42. The summed E-state index contributed by atoms with van der Waals surface area (Å²) in [7, 11) is 0. The van der Waals surface area contributed by atoms with Crippen molar-refractivity contribution >= 4 is 21.6 Å². The molecule has 1 aliphatic heterocycles. The molecule has 0 atom stereocenters. The van der Waals surface area contributed by atoms with Crippen LogP contribution in [0.1, 0.15) is 24.8 Å². The Morgan fingerprint density at radius 1 is 1.20 bits per heavy atom. The molecular weight excluding hydrogens is 333 g/mol. The number of benzene rings is 1. The second-order valence-corrected chi connectivity index (χ2v) is 5.88. The van der Waals surface area contributed by atoms with E-state index in [9.17, 15) is 13.2 Å². The molecule has 20 heavy (non-hydrogen) atoms. The molecule has 0 bridgehead atoms. The van der Waals surface area contributed by atoms with Crippen LogP contribution in [0.5, 0.6) is 0 Å². The van der Waals surface area contributed by atoms with Gasteiger partial charge in [-0.3, -0.25) is 0 Å². The fourth-order valence-corrected chi connectivity index (χ4v) is 2.89. The summed E-state index contributed by atoms with van der Waals surface area (Å²) in [5.74, 6) is 0. The van der Waals surface area contributed by atoms with E-state index >= 15 is 0 Å². The zero-order valence-electron chi connectivity index (χ0n) is 11.1. The molecule has 112 valence electrons. The molecule has 1 aromatic carbocycles. The van der Waals surface area contributed by atoms with E-state index in [0.29, 0.717) is 10.2 Å². The Balaban J connectivity index is 1.80. The largest absolute Gasteiger partial charge is 0.416 e. The summed E-state index contributed by atoms with van der Waals surface area (Å²) in [5.41, 5.74) is 0.0754. The molecule has 0 aliphatic carbocycles. The van der Waals surface area contributed by atoms with Crippen LogP contribution in [-0.2, 0) is 6.18 Å². The first-order chi connectivity index (χ1) is 9.47. The fourth-order valence-electron chi connectivity index (χ4n) is 2.37. The van der Waals surface area contributed by atoms with Gasteiger partial charge in [-0.2, -0.15) is 13.2 Å². The van der Waals surface area contributed by atoms with Crippen LogP contribution in [0.25, 0.3) is 0 Å². The SMILES string of the molecule is FC(F)(F)c1ccc(NCCCN2CCCC2)c(Br)c1. The summed E-state index contributed by atoms with van der Waals surface area (Å²) in [6, 6.07) is 3.69. The highest BCUT2D eigenvalue weighted by atomic mass is 79.9. The summed E-state index contributed by atoms with van der Waals surface area (Å²) in [6.07, 6.45) is -0.750. The van der Waals surface area contributed by atoms with E-state index in [0.717, 1.165) is 31.6 Å². The van der Waals surface area contributed by atoms with Gasteiger partial charge in [0.1, 0.15) is 0 Å². The molecular formula is C14H18BrF3N2. The van der Waals surface area contributed by atoms with Crippen LogP contribution in [0.15, 0.2) is 22.7 Å². The number of alkyl halides is 3. The summed E-state index contributed by atoms with van der Waals surface area (Å²) in [6.45, 7) is 4.15. The van der Waals surface area contributed by atoms with Crippen molar-refractivity contribution in [2.75, 3.05) is 31.5 Å². The van der Waals surface area contributed by atoms with Crippen molar-refractivity contribution in [1.82, 2.24) is 4.90 Å². The monoisotopic (exact) mass is 350 g/mol. The molecule has 0 saturated carbocycles. The molecule has 1 aromatic rings. The minimum atomic E-state index is -4.29. The minimum absolute atomic E-state index is 0.452. The second-order valence-electron chi connectivity index (χ2n) is 5.02. The van der Waals surface area contributed by atoms with Gasteiger partial charge in [0.2, 0.25) is 0 Å². The van der Waals surface area contributed by atoms with E-state index in [1.807, 2.05) is 0 Å². The number of rotatable bonds is 5. The van der Waals surface area contributed by atoms with Gasteiger partial charge in [-0.1, -0.05) is 0 Å². The average Bonchev–Trinajstić information content (AvgIpc) is 2.88. The van der Waals surface area contributed by atoms with Crippen molar-refractivity contribution < 1.29 is 13.2 Å². The number of likely N-dealkylation sites (tertiary alicyclic amines) is 1. The Morgan fingerprint density at radius 2 is 1.90 bits per heavy atom. The maximum Gasteiger partial charge on any atom is 0.416 e. The lowest BCUT2D eigenvalue weighted by Gasteiger charge is -2.15. The highest BCUT2D eigenvalue weighted by molar-refractivity contribution is 9.10. The maximum atomic E-state index is 12.5. The van der Waals surface area contributed by atoms with Gasteiger partial charge in [0.15, 0.2) is 0 Å². The number of hydrogen-bond acceptors (Lipinski definition) is 2. The van der Waals surface area contributed by atoms with Crippen molar-refractivity contribution in [3.8, 4) is 0 Å². The zero-order chi connectivity index (χ0) is 14.6. The summed E-state index contributed by atoms with van der Waals surface area (Å²) in [5, 5.41) is 3.17. The van der Waals surface area contributed by atoms with Crippen LogP contribution in [0.3, 0.4) is 0 Å². The Morgan fingerprint density at radius 3 is 2.50 bits per heavy atom. The third kappa shape index (κ3) is 4.38. The molecule has 0 radical (unpaired) electrons. The number of halogens is 4. The average molecular weight is 351 g/mol. The topological polar surface area (TPSA) is 15.3 Å². The zero-order valence-corrected chi connectivity index (χ0v) is 12.7. The van der Waals surface area contributed by atoms with Crippen LogP contribution in [0, 0.1) is 0 Å². The van der Waals surface area contributed by atoms with Gasteiger partial charge >= 0.3 is 6.18 Å². The fraction of sp³-hybridized carbons (Fsp3) is 0.571. The second kappa shape index (κ2) is 6.80. The molecule has 0 unspecified atom stereocenters. The van der Waals surface area contributed by atoms with E-state index in [1.165, 1.54) is 32.0 Å². The number of hydrogen-bond donors (Lipinski definition) is 1. The van der Waals surface area contributed by atoms with Crippen molar-refractivity contribution in [3.63, 3.8) is 0 Å². The number of nitrogens with one attached hydrogen (secondary N) is 1. The van der Waals surface area contributed by atoms with Gasteiger partial charge in [-0.25, -0.2) is 0 Å². The van der Waals surface area contributed by atoms with Crippen molar-refractivity contribution in [3.05, 3.63) is 28.2 Å². The normalized spacial score (nSPS) is 16.6. The third-order valence-electron chi connectivity index (χ3n) is 3.46. The number of nitrogens with zero attached hydrogens (tertiary/aromatic N) is 1.